The molecule has 0 atom stereocenters. The molecule has 0 unspecified atom stereocenters. The molecule has 0 bridgehead atoms. The van der Waals surface area contributed by atoms with Crippen LogP contribution in [0.5, 0.6) is 0 Å². The van der Waals surface area contributed by atoms with Crippen LogP contribution in [0, 0.1) is 27.7 Å². The van der Waals surface area contributed by atoms with E-state index in [1.807, 2.05) is 13.8 Å². The van der Waals surface area contributed by atoms with Gasteiger partial charge in [-0.2, -0.15) is 5.10 Å². The van der Waals surface area contributed by atoms with Crippen molar-refractivity contribution in [3.63, 3.8) is 0 Å². The summed E-state index contributed by atoms with van der Waals surface area (Å²) in [7, 11) is 0. The minimum absolute atomic E-state index is 0.0582. The van der Waals surface area contributed by atoms with Crippen LogP contribution in [0.1, 0.15) is 38.8 Å². The van der Waals surface area contributed by atoms with E-state index in [0.717, 1.165) is 16.9 Å². The summed E-state index contributed by atoms with van der Waals surface area (Å²) in [6.07, 6.45) is 0.0582. The van der Waals surface area contributed by atoms with Gasteiger partial charge in [-0.1, -0.05) is 23.2 Å². The third-order valence-electron chi connectivity index (χ3n) is 4.53. The van der Waals surface area contributed by atoms with E-state index in [1.54, 1.807) is 42.8 Å². The molecule has 2 heterocycles. The summed E-state index contributed by atoms with van der Waals surface area (Å²) in [5.74, 6) is 0.313. The highest BCUT2D eigenvalue weighted by Crippen LogP contribution is 2.26. The molecule has 0 spiro atoms. The molecule has 9 heteroatoms. The minimum Gasteiger partial charge on any atom is -0.466 e. The maximum atomic E-state index is 12.4. The average molecular weight is 435 g/mol. The fraction of sp³-hybridized carbons (Fsp3) is 0.250. The van der Waals surface area contributed by atoms with Crippen LogP contribution in [0.15, 0.2) is 28.7 Å². The van der Waals surface area contributed by atoms with Gasteiger partial charge in [-0.25, -0.2) is 4.68 Å². The third kappa shape index (κ3) is 4.46. The largest absolute Gasteiger partial charge is 0.466 e. The van der Waals surface area contributed by atoms with Crippen molar-refractivity contribution < 1.29 is 14.0 Å². The molecule has 3 rings (SSSR count). The van der Waals surface area contributed by atoms with E-state index in [9.17, 15) is 9.59 Å². The van der Waals surface area contributed by atoms with Crippen molar-refractivity contribution >= 4 is 35.0 Å². The molecule has 29 heavy (non-hydrogen) atoms. The number of rotatable bonds is 4. The maximum absolute atomic E-state index is 12.4. The molecule has 0 aliphatic heterocycles. The molecule has 0 fully saturated rings. The van der Waals surface area contributed by atoms with E-state index in [4.69, 9.17) is 27.6 Å². The second kappa shape index (κ2) is 8.31. The van der Waals surface area contributed by atoms with Crippen LogP contribution in [0.25, 0.3) is 5.69 Å². The number of hydrogen-bond acceptors (Lipinski definition) is 4. The van der Waals surface area contributed by atoms with E-state index in [0.29, 0.717) is 32.8 Å². The van der Waals surface area contributed by atoms with Crippen LogP contribution < -0.4 is 10.9 Å². The van der Waals surface area contributed by atoms with Gasteiger partial charge < -0.3 is 4.42 Å². The lowest BCUT2D eigenvalue weighted by Gasteiger charge is -2.08. The Morgan fingerprint density at radius 2 is 1.79 bits per heavy atom. The molecule has 0 saturated carbocycles. The number of amides is 2. The van der Waals surface area contributed by atoms with Crippen LogP contribution in [-0.2, 0) is 11.2 Å². The molecule has 2 N–H and O–H groups in total. The Hall–Kier alpha value is -2.77. The van der Waals surface area contributed by atoms with E-state index in [2.05, 4.69) is 16.0 Å². The van der Waals surface area contributed by atoms with Gasteiger partial charge in [-0.3, -0.25) is 20.4 Å². The van der Waals surface area contributed by atoms with Crippen LogP contribution in [0.3, 0.4) is 0 Å². The second-order valence-electron chi connectivity index (χ2n) is 6.67. The number of benzene rings is 1. The maximum Gasteiger partial charge on any atom is 0.273 e. The number of nitrogens with zero attached hydrogens (tertiary/aromatic N) is 2. The summed E-state index contributed by atoms with van der Waals surface area (Å²) < 4.78 is 7.03. The highest BCUT2D eigenvalue weighted by atomic mass is 35.5. The highest BCUT2D eigenvalue weighted by molar-refractivity contribution is 6.42. The molecule has 0 saturated heterocycles. The van der Waals surface area contributed by atoms with Gasteiger partial charge in [0, 0.05) is 11.3 Å². The van der Waals surface area contributed by atoms with Crippen molar-refractivity contribution in [3.8, 4) is 5.69 Å². The molecule has 152 valence electrons. The number of hydrogen-bond donors (Lipinski definition) is 2. The van der Waals surface area contributed by atoms with Crippen LogP contribution in [0.2, 0.25) is 10.0 Å². The van der Waals surface area contributed by atoms with Gasteiger partial charge in [-0.05, 0) is 52.0 Å². The molecular weight excluding hydrogens is 415 g/mol. The van der Waals surface area contributed by atoms with Crippen molar-refractivity contribution in [1.82, 2.24) is 20.6 Å². The van der Waals surface area contributed by atoms with Crippen molar-refractivity contribution in [3.05, 3.63) is 68.3 Å². The Kier molecular flexibility index (Phi) is 6.00. The Balaban J connectivity index is 1.70. The predicted molar refractivity (Wildman–Crippen MR) is 111 cm³/mol. The van der Waals surface area contributed by atoms with Gasteiger partial charge in [0.2, 0.25) is 5.91 Å². The third-order valence-corrected chi connectivity index (χ3v) is 5.27. The number of aromatic nitrogens is 2. The fourth-order valence-corrected chi connectivity index (χ4v) is 3.35. The fourth-order valence-electron chi connectivity index (χ4n) is 3.05. The van der Waals surface area contributed by atoms with Gasteiger partial charge in [-0.15, -0.1) is 0 Å². The molecule has 0 aliphatic carbocycles. The van der Waals surface area contributed by atoms with Crippen molar-refractivity contribution in [1.29, 1.82) is 0 Å². The van der Waals surface area contributed by atoms with Crippen molar-refractivity contribution in [2.45, 2.75) is 34.1 Å². The summed E-state index contributed by atoms with van der Waals surface area (Å²) in [5.41, 5.74) is 8.22. The molecule has 0 radical (unpaired) electrons. The topological polar surface area (TPSA) is 89.2 Å². The van der Waals surface area contributed by atoms with Gasteiger partial charge >= 0.3 is 0 Å². The summed E-state index contributed by atoms with van der Waals surface area (Å²) in [6.45, 7) is 7.12. The molecule has 1 aromatic carbocycles. The monoisotopic (exact) mass is 434 g/mol. The predicted octanol–water partition coefficient (Wildman–Crippen LogP) is 4.01. The Labute approximate surface area is 178 Å². The first-order valence-corrected chi connectivity index (χ1v) is 9.59. The van der Waals surface area contributed by atoms with E-state index < -0.39 is 5.91 Å². The zero-order chi connectivity index (χ0) is 21.3. The molecule has 0 aliphatic rings. The molecule has 2 amide bonds. The summed E-state index contributed by atoms with van der Waals surface area (Å²) in [4.78, 5) is 24.6. The second-order valence-corrected chi connectivity index (χ2v) is 7.48. The van der Waals surface area contributed by atoms with E-state index >= 15 is 0 Å². The minimum atomic E-state index is -0.437. The van der Waals surface area contributed by atoms with Gasteiger partial charge in [0.25, 0.3) is 5.91 Å². The number of aryl methyl sites for hydroxylation is 3. The number of nitrogens with one attached hydrogen (secondary N) is 2. The number of carbonyl (C=O) groups excluding carboxylic acids is 2. The standard InChI is InChI=1S/C20H20Cl2N4O3/c1-10-7-16(13(4)29-10)20(28)24-23-19(27)9-15-11(2)25-26(12(15)3)14-5-6-17(21)18(22)8-14/h5-8H,9H2,1-4H3,(H,23,27)(H,24,28). The van der Waals surface area contributed by atoms with Crippen molar-refractivity contribution in [2.24, 2.45) is 0 Å². The average Bonchev–Trinajstić information content (AvgIpc) is 3.15. The molecular formula is C20H20Cl2N4O3. The lowest BCUT2D eigenvalue weighted by Crippen LogP contribution is -2.42. The number of hydrazine groups is 1. The summed E-state index contributed by atoms with van der Waals surface area (Å²) in [5, 5.41) is 5.37. The van der Waals surface area contributed by atoms with Crippen molar-refractivity contribution in [2.75, 3.05) is 0 Å². The Bertz CT molecular complexity index is 1100. The normalized spacial score (nSPS) is 10.8. The lowest BCUT2D eigenvalue weighted by atomic mass is 10.1. The van der Waals surface area contributed by atoms with Crippen LogP contribution >= 0.6 is 23.2 Å². The molecule has 3 aromatic rings. The zero-order valence-corrected chi connectivity index (χ0v) is 17.9. The van der Waals surface area contributed by atoms with Gasteiger partial charge in [0.1, 0.15) is 11.5 Å². The Morgan fingerprint density at radius 3 is 2.41 bits per heavy atom. The quantitative estimate of drug-likeness (QED) is 0.606. The van der Waals surface area contributed by atoms with Crippen LogP contribution in [-0.4, -0.2) is 21.6 Å². The first-order valence-electron chi connectivity index (χ1n) is 8.84. The highest BCUT2D eigenvalue weighted by Gasteiger charge is 2.18. The first-order chi connectivity index (χ1) is 13.7. The van der Waals surface area contributed by atoms with Gasteiger partial charge in [0.05, 0.1) is 33.4 Å². The number of halogens is 2. The Morgan fingerprint density at radius 1 is 1.07 bits per heavy atom. The summed E-state index contributed by atoms with van der Waals surface area (Å²) in [6, 6.07) is 6.82. The number of carbonyl (C=O) groups is 2. The van der Waals surface area contributed by atoms with E-state index in [1.165, 1.54) is 0 Å². The van der Waals surface area contributed by atoms with Gasteiger partial charge in [0.15, 0.2) is 0 Å². The lowest BCUT2D eigenvalue weighted by molar-refractivity contribution is -0.121. The molecule has 7 nitrogen and oxygen atoms in total. The van der Waals surface area contributed by atoms with E-state index in [-0.39, 0.29) is 12.3 Å². The van der Waals surface area contributed by atoms with Crippen LogP contribution in [0.4, 0.5) is 0 Å². The first kappa shape index (κ1) is 21.0. The SMILES string of the molecule is Cc1cc(C(=O)NNC(=O)Cc2c(C)nn(-c3ccc(Cl)c(Cl)c3)c2C)c(C)o1. The smallest absolute Gasteiger partial charge is 0.273 e. The molecule has 2 aromatic heterocycles. The number of furan rings is 1. The summed E-state index contributed by atoms with van der Waals surface area (Å²) >= 11 is 12.1. The zero-order valence-electron chi connectivity index (χ0n) is 16.4.